The molecule has 2 nitrogen and oxygen atoms in total. The Kier molecular flexibility index (Phi) is 2.54. The fraction of sp³-hybridized carbons (Fsp3) is 0.375. The van der Waals surface area contributed by atoms with Gasteiger partial charge in [-0.2, -0.15) is 0 Å². The van der Waals surface area contributed by atoms with Crippen LogP contribution in [0.4, 0.5) is 4.39 Å². The molecule has 3 heteroatoms. The van der Waals surface area contributed by atoms with Crippen LogP contribution < -0.4 is 0 Å². The Morgan fingerprint density at radius 3 is 3.00 bits per heavy atom. The van der Waals surface area contributed by atoms with Gasteiger partial charge in [-0.15, -0.1) is 0 Å². The van der Waals surface area contributed by atoms with Gasteiger partial charge in [0.05, 0.1) is 12.8 Å². The van der Waals surface area contributed by atoms with Crippen molar-refractivity contribution in [3.63, 3.8) is 0 Å². The third kappa shape index (κ3) is 1.98. The van der Waals surface area contributed by atoms with E-state index in [1.54, 1.807) is 7.11 Å². The molecule has 11 heavy (non-hydrogen) atoms. The van der Waals surface area contributed by atoms with E-state index in [1.165, 1.54) is 12.3 Å². The van der Waals surface area contributed by atoms with Crippen LogP contribution in [0, 0.1) is 12.7 Å². The molecule has 0 atom stereocenters. The summed E-state index contributed by atoms with van der Waals surface area (Å²) < 4.78 is 17.4. The average molecular weight is 155 g/mol. The number of nitrogens with zero attached hydrogens (tertiary/aromatic N) is 1. The van der Waals surface area contributed by atoms with E-state index in [0.717, 1.165) is 11.3 Å². The van der Waals surface area contributed by atoms with Crippen molar-refractivity contribution < 1.29 is 9.13 Å². The van der Waals surface area contributed by atoms with Crippen molar-refractivity contribution in [1.29, 1.82) is 0 Å². The smallest absolute Gasteiger partial charge is 0.141 e. The van der Waals surface area contributed by atoms with Gasteiger partial charge in [0.1, 0.15) is 5.82 Å². The lowest BCUT2D eigenvalue weighted by molar-refractivity contribution is 0.183. The molecule has 60 valence electrons. The highest BCUT2D eigenvalue weighted by molar-refractivity contribution is 5.18. The average Bonchev–Trinajstić information content (AvgIpc) is 1.98. The van der Waals surface area contributed by atoms with Crippen molar-refractivity contribution in [3.05, 3.63) is 29.3 Å². The molecule has 0 spiro atoms. The molecule has 0 aliphatic rings. The first-order chi connectivity index (χ1) is 5.24. The zero-order chi connectivity index (χ0) is 8.27. The Hall–Kier alpha value is -0.960. The topological polar surface area (TPSA) is 22.1 Å². The highest BCUT2D eigenvalue weighted by atomic mass is 19.1. The quantitative estimate of drug-likeness (QED) is 0.648. The zero-order valence-electron chi connectivity index (χ0n) is 6.60. The maximum atomic E-state index is 12.6. The molecule has 0 aliphatic heterocycles. The van der Waals surface area contributed by atoms with Crippen molar-refractivity contribution in [1.82, 2.24) is 4.98 Å². The van der Waals surface area contributed by atoms with Crippen LogP contribution in [0.15, 0.2) is 12.3 Å². The van der Waals surface area contributed by atoms with Crippen LogP contribution in [0.3, 0.4) is 0 Å². The number of aryl methyl sites for hydroxylation is 1. The Morgan fingerprint density at radius 1 is 1.64 bits per heavy atom. The molecule has 0 aliphatic carbocycles. The number of hydrogen-bond acceptors (Lipinski definition) is 2. The summed E-state index contributed by atoms with van der Waals surface area (Å²) in [7, 11) is 1.57. The van der Waals surface area contributed by atoms with E-state index in [-0.39, 0.29) is 5.82 Å². The van der Waals surface area contributed by atoms with Crippen molar-refractivity contribution in [2.75, 3.05) is 7.11 Å². The molecule has 0 radical (unpaired) electrons. The third-order valence-electron chi connectivity index (χ3n) is 1.46. The van der Waals surface area contributed by atoms with E-state index < -0.39 is 0 Å². The molecule has 1 rings (SSSR count). The van der Waals surface area contributed by atoms with Crippen LogP contribution >= 0.6 is 0 Å². The summed E-state index contributed by atoms with van der Waals surface area (Å²) >= 11 is 0. The molecule has 1 heterocycles. The Balaban J connectivity index is 2.93. The van der Waals surface area contributed by atoms with Crippen LogP contribution in [-0.4, -0.2) is 12.1 Å². The number of methoxy groups -OCH3 is 1. The van der Waals surface area contributed by atoms with E-state index in [0.29, 0.717) is 6.61 Å². The normalized spacial score (nSPS) is 10.1. The van der Waals surface area contributed by atoms with Crippen molar-refractivity contribution in [3.8, 4) is 0 Å². The number of ether oxygens (including phenoxy) is 1. The molecule has 0 bridgehead atoms. The van der Waals surface area contributed by atoms with Gasteiger partial charge in [-0.25, -0.2) is 4.39 Å². The number of rotatable bonds is 2. The van der Waals surface area contributed by atoms with Gasteiger partial charge in [-0.3, -0.25) is 4.98 Å². The predicted molar refractivity (Wildman–Crippen MR) is 39.6 cm³/mol. The van der Waals surface area contributed by atoms with Crippen LogP contribution in [0.2, 0.25) is 0 Å². The monoisotopic (exact) mass is 155 g/mol. The van der Waals surface area contributed by atoms with Crippen LogP contribution in [0.5, 0.6) is 0 Å². The lowest BCUT2D eigenvalue weighted by Gasteiger charge is -2.02. The van der Waals surface area contributed by atoms with E-state index in [9.17, 15) is 4.39 Å². The summed E-state index contributed by atoms with van der Waals surface area (Å²) in [6, 6.07) is 1.44. The lowest BCUT2D eigenvalue weighted by Crippen LogP contribution is -1.95. The fourth-order valence-electron chi connectivity index (χ4n) is 0.851. The molecular formula is C8H10FNO. The largest absolute Gasteiger partial charge is 0.380 e. The first kappa shape index (κ1) is 8.14. The first-order valence-electron chi connectivity index (χ1n) is 3.34. The standard InChI is InChI=1S/C8H10FNO/c1-6-7(5-11-2)3-8(9)4-10-6/h3-4H,5H2,1-2H3. The second kappa shape index (κ2) is 3.44. The van der Waals surface area contributed by atoms with E-state index in [2.05, 4.69) is 4.98 Å². The summed E-state index contributed by atoms with van der Waals surface area (Å²) in [6.45, 7) is 2.24. The van der Waals surface area contributed by atoms with Gasteiger partial charge in [-0.05, 0) is 13.0 Å². The summed E-state index contributed by atoms with van der Waals surface area (Å²) in [5, 5.41) is 0. The highest BCUT2D eigenvalue weighted by Gasteiger charge is 1.99. The van der Waals surface area contributed by atoms with Crippen molar-refractivity contribution in [2.24, 2.45) is 0 Å². The molecule has 1 aromatic rings. The second-order valence-corrected chi connectivity index (χ2v) is 2.33. The fourth-order valence-corrected chi connectivity index (χ4v) is 0.851. The van der Waals surface area contributed by atoms with Gasteiger partial charge in [0.2, 0.25) is 0 Å². The molecule has 0 unspecified atom stereocenters. The van der Waals surface area contributed by atoms with Gasteiger partial charge in [0, 0.05) is 18.4 Å². The Morgan fingerprint density at radius 2 is 2.36 bits per heavy atom. The molecule has 0 amide bonds. The molecule has 0 N–H and O–H groups in total. The zero-order valence-corrected chi connectivity index (χ0v) is 6.60. The number of hydrogen-bond donors (Lipinski definition) is 0. The molecule has 0 aromatic carbocycles. The predicted octanol–water partition coefficient (Wildman–Crippen LogP) is 1.68. The minimum Gasteiger partial charge on any atom is -0.380 e. The molecule has 0 saturated heterocycles. The van der Waals surface area contributed by atoms with Gasteiger partial charge in [-0.1, -0.05) is 0 Å². The summed E-state index contributed by atoms with van der Waals surface area (Å²) in [5.41, 5.74) is 1.61. The highest BCUT2D eigenvalue weighted by Crippen LogP contribution is 2.07. The van der Waals surface area contributed by atoms with E-state index in [1.807, 2.05) is 6.92 Å². The summed E-state index contributed by atoms with van der Waals surface area (Å²) in [4.78, 5) is 3.84. The summed E-state index contributed by atoms with van der Waals surface area (Å²) in [5.74, 6) is -0.317. The number of pyridine rings is 1. The first-order valence-corrected chi connectivity index (χ1v) is 3.34. The van der Waals surface area contributed by atoms with E-state index in [4.69, 9.17) is 4.74 Å². The van der Waals surface area contributed by atoms with Crippen LogP contribution in [0.1, 0.15) is 11.3 Å². The van der Waals surface area contributed by atoms with Crippen LogP contribution in [-0.2, 0) is 11.3 Å². The molecule has 0 saturated carbocycles. The van der Waals surface area contributed by atoms with Crippen LogP contribution in [0.25, 0.3) is 0 Å². The third-order valence-corrected chi connectivity index (χ3v) is 1.46. The Labute approximate surface area is 65.0 Å². The molecular weight excluding hydrogens is 145 g/mol. The maximum Gasteiger partial charge on any atom is 0.141 e. The molecule has 0 fully saturated rings. The van der Waals surface area contributed by atoms with Gasteiger partial charge in [0.25, 0.3) is 0 Å². The second-order valence-electron chi connectivity index (χ2n) is 2.33. The minimum atomic E-state index is -0.317. The van der Waals surface area contributed by atoms with Gasteiger partial charge in [0.15, 0.2) is 0 Å². The molecule has 1 aromatic heterocycles. The SMILES string of the molecule is COCc1cc(F)cnc1C. The van der Waals surface area contributed by atoms with Gasteiger partial charge < -0.3 is 4.74 Å². The van der Waals surface area contributed by atoms with Crippen molar-refractivity contribution in [2.45, 2.75) is 13.5 Å². The van der Waals surface area contributed by atoms with Gasteiger partial charge >= 0.3 is 0 Å². The van der Waals surface area contributed by atoms with Crippen molar-refractivity contribution >= 4 is 0 Å². The number of aromatic nitrogens is 1. The number of halogens is 1. The van der Waals surface area contributed by atoms with E-state index >= 15 is 0 Å². The lowest BCUT2D eigenvalue weighted by atomic mass is 10.2. The summed E-state index contributed by atoms with van der Waals surface area (Å²) in [6.07, 6.45) is 1.20. The minimum absolute atomic E-state index is 0.317. The Bertz CT molecular complexity index is 250. The maximum absolute atomic E-state index is 12.6.